The Balaban J connectivity index is 1.63. The molecular formula is C30H21NO6. The van der Waals surface area contributed by atoms with Crippen LogP contribution in [0.2, 0.25) is 0 Å². The minimum atomic E-state index is -1.24. The largest absolute Gasteiger partial charge is 0.481 e. The maximum atomic E-state index is 13.9. The lowest BCUT2D eigenvalue weighted by Crippen LogP contribution is -2.40. The zero-order chi connectivity index (χ0) is 25.9. The molecule has 2 atom stereocenters. The number of benzene rings is 4. The Labute approximate surface area is 212 Å². The van der Waals surface area contributed by atoms with E-state index >= 15 is 0 Å². The predicted octanol–water partition coefficient (Wildman–Crippen LogP) is 5.70. The van der Waals surface area contributed by atoms with E-state index in [9.17, 15) is 24.5 Å². The fraction of sp³-hybridized carbons (Fsp3) is 0.100. The lowest BCUT2D eigenvalue weighted by Gasteiger charge is -2.26. The van der Waals surface area contributed by atoms with Crippen molar-refractivity contribution in [2.45, 2.75) is 12.0 Å². The molecule has 0 bridgehead atoms. The van der Waals surface area contributed by atoms with Crippen molar-refractivity contribution in [3.8, 4) is 5.75 Å². The summed E-state index contributed by atoms with van der Waals surface area (Å²) >= 11 is 0. The molecule has 0 radical (unpaired) electrons. The Morgan fingerprint density at radius 2 is 1.19 bits per heavy atom. The third-order valence-electron chi connectivity index (χ3n) is 6.52. The van der Waals surface area contributed by atoms with Gasteiger partial charge in [0.2, 0.25) is 5.78 Å². The Kier molecular flexibility index (Phi) is 6.43. The molecule has 0 N–H and O–H groups in total. The fourth-order valence-electron chi connectivity index (χ4n) is 4.73. The second-order valence-corrected chi connectivity index (χ2v) is 8.71. The average molecular weight is 491 g/mol. The van der Waals surface area contributed by atoms with Gasteiger partial charge in [0, 0.05) is 40.3 Å². The smallest absolute Gasteiger partial charge is 0.269 e. The molecule has 182 valence electrons. The number of para-hydroxylation sites is 1. The van der Waals surface area contributed by atoms with Crippen molar-refractivity contribution < 1.29 is 24.0 Å². The SMILES string of the molecule is O=C(c1ccc([N+](=O)[O-])cc1)C1Oc2ccccc2C1C(C(=O)c1ccccc1)C(=O)c1ccccc1. The Morgan fingerprint density at radius 3 is 1.73 bits per heavy atom. The molecular weight excluding hydrogens is 470 g/mol. The summed E-state index contributed by atoms with van der Waals surface area (Å²) in [5.41, 5.74) is 1.32. The molecule has 0 spiro atoms. The number of ketones is 3. The first kappa shape index (κ1) is 23.8. The molecule has 4 aromatic carbocycles. The van der Waals surface area contributed by atoms with E-state index in [0.717, 1.165) is 0 Å². The number of hydrogen-bond acceptors (Lipinski definition) is 6. The topological polar surface area (TPSA) is 104 Å². The number of carbonyl (C=O) groups is 3. The maximum Gasteiger partial charge on any atom is 0.269 e. The van der Waals surface area contributed by atoms with E-state index in [-0.39, 0.29) is 11.3 Å². The summed E-state index contributed by atoms with van der Waals surface area (Å²) in [6.07, 6.45) is -1.18. The lowest BCUT2D eigenvalue weighted by atomic mass is 9.74. The standard InChI is InChI=1S/C30H21NO6/c32-27(19-9-3-1-4-10-19)26(28(33)20-11-5-2-6-12-20)25-23-13-7-8-14-24(23)37-30(25)29(34)21-15-17-22(18-16-21)31(35)36/h1-18,25-26,30H. The Hall–Kier alpha value is -4.91. The summed E-state index contributed by atoms with van der Waals surface area (Å²) in [6.45, 7) is 0. The highest BCUT2D eigenvalue weighted by atomic mass is 16.6. The van der Waals surface area contributed by atoms with Crippen LogP contribution in [-0.4, -0.2) is 28.4 Å². The van der Waals surface area contributed by atoms with Crippen LogP contribution in [0, 0.1) is 16.0 Å². The zero-order valence-electron chi connectivity index (χ0n) is 19.5. The first-order chi connectivity index (χ1) is 18.0. The number of Topliss-reactive ketones (excluding diaryl/α,β-unsaturated/α-hetero) is 3. The van der Waals surface area contributed by atoms with Crippen molar-refractivity contribution in [1.29, 1.82) is 0 Å². The zero-order valence-corrected chi connectivity index (χ0v) is 19.5. The molecule has 0 fully saturated rings. The van der Waals surface area contributed by atoms with E-state index in [4.69, 9.17) is 4.74 Å². The van der Waals surface area contributed by atoms with E-state index in [1.807, 2.05) is 0 Å². The molecule has 1 aliphatic rings. The van der Waals surface area contributed by atoms with Crippen molar-refractivity contribution in [2.24, 2.45) is 5.92 Å². The van der Waals surface area contributed by atoms with Gasteiger partial charge in [0.25, 0.3) is 5.69 Å². The fourth-order valence-corrected chi connectivity index (χ4v) is 4.73. The molecule has 0 saturated carbocycles. The molecule has 0 saturated heterocycles. The number of rotatable bonds is 8. The van der Waals surface area contributed by atoms with Gasteiger partial charge in [-0.2, -0.15) is 0 Å². The normalized spacial score (nSPS) is 16.0. The van der Waals surface area contributed by atoms with Crippen LogP contribution >= 0.6 is 0 Å². The number of non-ortho nitro benzene ring substituents is 1. The number of nitro benzene ring substituents is 1. The van der Waals surface area contributed by atoms with E-state index < -0.39 is 40.2 Å². The van der Waals surface area contributed by atoms with Crippen LogP contribution in [0.3, 0.4) is 0 Å². The lowest BCUT2D eigenvalue weighted by molar-refractivity contribution is -0.384. The number of ether oxygens (including phenoxy) is 1. The van der Waals surface area contributed by atoms with E-state index in [2.05, 4.69) is 0 Å². The molecule has 37 heavy (non-hydrogen) atoms. The molecule has 0 aliphatic carbocycles. The van der Waals surface area contributed by atoms with Gasteiger partial charge in [0.15, 0.2) is 17.7 Å². The van der Waals surface area contributed by atoms with Crippen LogP contribution in [0.1, 0.15) is 42.6 Å². The third kappa shape index (κ3) is 4.54. The average Bonchev–Trinajstić information content (AvgIpc) is 3.33. The maximum absolute atomic E-state index is 13.9. The van der Waals surface area contributed by atoms with Gasteiger partial charge in [-0.3, -0.25) is 24.5 Å². The first-order valence-corrected chi connectivity index (χ1v) is 11.7. The molecule has 7 nitrogen and oxygen atoms in total. The molecule has 1 heterocycles. The van der Waals surface area contributed by atoms with Crippen molar-refractivity contribution in [2.75, 3.05) is 0 Å². The quantitative estimate of drug-likeness (QED) is 0.135. The summed E-state index contributed by atoms with van der Waals surface area (Å²) in [5, 5.41) is 11.1. The van der Waals surface area contributed by atoms with Crippen molar-refractivity contribution in [3.63, 3.8) is 0 Å². The number of carbonyl (C=O) groups excluding carboxylic acids is 3. The van der Waals surface area contributed by atoms with Crippen LogP contribution < -0.4 is 4.74 Å². The second-order valence-electron chi connectivity index (χ2n) is 8.71. The van der Waals surface area contributed by atoms with E-state index in [1.165, 1.54) is 24.3 Å². The van der Waals surface area contributed by atoms with Gasteiger partial charge in [0.1, 0.15) is 5.75 Å². The highest BCUT2D eigenvalue weighted by Crippen LogP contribution is 2.45. The summed E-state index contributed by atoms with van der Waals surface area (Å²) in [5.74, 6) is -3.02. The Morgan fingerprint density at radius 1 is 0.676 bits per heavy atom. The summed E-state index contributed by atoms with van der Waals surface area (Å²) < 4.78 is 6.08. The Bertz CT molecular complexity index is 1430. The molecule has 5 rings (SSSR count). The van der Waals surface area contributed by atoms with Crippen LogP contribution in [0.5, 0.6) is 5.75 Å². The molecule has 7 heteroatoms. The van der Waals surface area contributed by atoms with Gasteiger partial charge >= 0.3 is 0 Å². The van der Waals surface area contributed by atoms with Gasteiger partial charge in [-0.05, 0) is 18.2 Å². The molecule has 0 aromatic heterocycles. The predicted molar refractivity (Wildman–Crippen MR) is 136 cm³/mol. The molecule has 0 amide bonds. The number of nitro groups is 1. The van der Waals surface area contributed by atoms with E-state index in [0.29, 0.717) is 22.4 Å². The minimum Gasteiger partial charge on any atom is -0.481 e. The van der Waals surface area contributed by atoms with Crippen molar-refractivity contribution in [1.82, 2.24) is 0 Å². The second kappa shape index (κ2) is 9.99. The summed E-state index contributed by atoms with van der Waals surface area (Å²) in [7, 11) is 0. The van der Waals surface area contributed by atoms with E-state index in [1.54, 1.807) is 84.9 Å². The number of nitrogens with zero attached hydrogens (tertiary/aromatic N) is 1. The number of fused-ring (bicyclic) bond motifs is 1. The summed E-state index contributed by atoms with van der Waals surface area (Å²) in [6, 6.07) is 29.2. The highest BCUT2D eigenvalue weighted by molar-refractivity contribution is 6.17. The van der Waals surface area contributed by atoms with Gasteiger partial charge in [-0.1, -0.05) is 78.9 Å². The number of hydrogen-bond donors (Lipinski definition) is 0. The van der Waals surface area contributed by atoms with Gasteiger partial charge in [-0.25, -0.2) is 0 Å². The first-order valence-electron chi connectivity index (χ1n) is 11.7. The monoisotopic (exact) mass is 491 g/mol. The molecule has 1 aliphatic heterocycles. The molecule has 4 aromatic rings. The van der Waals surface area contributed by atoms with Gasteiger partial charge < -0.3 is 4.74 Å². The van der Waals surface area contributed by atoms with Crippen LogP contribution in [0.25, 0.3) is 0 Å². The van der Waals surface area contributed by atoms with Gasteiger partial charge in [-0.15, -0.1) is 0 Å². The van der Waals surface area contributed by atoms with Crippen LogP contribution in [0.15, 0.2) is 109 Å². The van der Waals surface area contributed by atoms with Crippen LogP contribution in [-0.2, 0) is 0 Å². The van der Waals surface area contributed by atoms with Crippen molar-refractivity contribution >= 4 is 23.0 Å². The third-order valence-corrected chi connectivity index (χ3v) is 6.52. The summed E-state index contributed by atoms with van der Waals surface area (Å²) in [4.78, 5) is 52.1. The van der Waals surface area contributed by atoms with Crippen molar-refractivity contribution in [3.05, 3.63) is 142 Å². The minimum absolute atomic E-state index is 0.153. The molecule has 2 unspecified atom stereocenters. The van der Waals surface area contributed by atoms with Gasteiger partial charge in [0.05, 0.1) is 10.8 Å². The highest BCUT2D eigenvalue weighted by Gasteiger charge is 2.49. The van der Waals surface area contributed by atoms with Crippen LogP contribution in [0.4, 0.5) is 5.69 Å².